The van der Waals surface area contributed by atoms with E-state index in [4.69, 9.17) is 28.7 Å². The standard InChI is InChI=1S/C5H14NP.2C2H8N2.2ClH.Co.F6P/c1-7(2)5-3-4-6;2*3-1-2-4;;;;1-7(2,3,4,5)6/h3-6H2,1-2H3;2*1-4H2;2*1H;;/q;;;;;+3;-1/p-1. The summed E-state index contributed by atoms with van der Waals surface area (Å²) in [5, 5.41) is 0. The fraction of sp³-hybridized carbons (Fsp3) is 1.00. The summed E-state index contributed by atoms with van der Waals surface area (Å²) in [7, 11) is -10.6. The van der Waals surface area contributed by atoms with E-state index in [1.54, 1.807) is 0 Å². The van der Waals surface area contributed by atoms with Gasteiger partial charge in [0.2, 0.25) is 0 Å². The first-order chi connectivity index (χ1) is 9.55. The number of halogens is 8. The molecule has 0 radical (unpaired) electrons. The third-order valence-corrected chi connectivity index (χ3v) is 2.57. The third-order valence-electron chi connectivity index (χ3n) is 1.21. The Labute approximate surface area is 169 Å². The van der Waals surface area contributed by atoms with Crippen LogP contribution in [0.1, 0.15) is 6.42 Å². The van der Waals surface area contributed by atoms with E-state index < -0.39 is 7.81 Å². The number of hydrogen-bond donors (Lipinski definition) is 5. The summed E-state index contributed by atoms with van der Waals surface area (Å²) >= 11 is 0. The Hall–Kier alpha value is 1.33. The first kappa shape index (κ1) is 45.2. The van der Waals surface area contributed by atoms with Crippen molar-refractivity contribution in [2.75, 3.05) is 52.2 Å². The molecule has 0 aromatic heterocycles. The Kier molecular flexibility index (Phi) is 39.1. The maximum atomic E-state index is 9.87. The van der Waals surface area contributed by atoms with Crippen molar-refractivity contribution in [1.82, 2.24) is 0 Å². The number of rotatable bonds is 5. The van der Waals surface area contributed by atoms with E-state index in [0.717, 1.165) is 6.54 Å². The second-order valence-corrected chi connectivity index (χ2v) is 9.04. The summed E-state index contributed by atoms with van der Waals surface area (Å²) in [5.41, 5.74) is 24.9. The van der Waals surface area contributed by atoms with Crippen LogP contribution in [0.2, 0.25) is 0 Å². The molecule has 0 fully saturated rings. The molecule has 0 rings (SSSR count). The average Bonchev–Trinajstić information content (AvgIpc) is 2.33. The summed E-state index contributed by atoms with van der Waals surface area (Å²) in [4.78, 5) is 0. The van der Waals surface area contributed by atoms with Crippen LogP contribution in [-0.2, 0) is 16.8 Å². The minimum atomic E-state index is -10.7. The van der Waals surface area contributed by atoms with Crippen LogP contribution in [0.25, 0.3) is 0 Å². The molecule has 25 heavy (non-hydrogen) atoms. The van der Waals surface area contributed by atoms with Gasteiger partial charge in [0, 0.05) is 39.5 Å². The van der Waals surface area contributed by atoms with E-state index in [0.29, 0.717) is 26.2 Å². The van der Waals surface area contributed by atoms with Gasteiger partial charge in [-0.2, -0.15) is 0 Å². The van der Waals surface area contributed by atoms with Crippen molar-refractivity contribution in [2.45, 2.75) is 6.42 Å². The molecule has 0 amide bonds. The van der Waals surface area contributed by atoms with Gasteiger partial charge >= 0.3 is 49.8 Å². The van der Waals surface area contributed by atoms with Gasteiger partial charge in [-0.15, -0.1) is 0 Å². The fourth-order valence-electron chi connectivity index (χ4n) is 0.456. The zero-order valence-electron chi connectivity index (χ0n) is 14.1. The molecule has 0 aromatic rings. The van der Waals surface area contributed by atoms with Crippen molar-refractivity contribution in [2.24, 2.45) is 28.7 Å². The molecular weight excluding hydrogens is 484 g/mol. The second kappa shape index (κ2) is 21.6. The van der Waals surface area contributed by atoms with Gasteiger partial charge in [0.25, 0.3) is 0 Å². The number of nitrogens with two attached hydrogens (primary N) is 5. The van der Waals surface area contributed by atoms with E-state index in [2.05, 4.69) is 13.3 Å². The molecule has 5 nitrogen and oxygen atoms in total. The van der Waals surface area contributed by atoms with Gasteiger partial charge in [0.15, 0.2) is 0 Å². The largest absolute Gasteiger partial charge is 3.00 e. The number of hydrogen-bond acceptors (Lipinski definition) is 5. The molecule has 0 spiro atoms. The molecule has 0 atom stereocenters. The normalized spacial score (nSPS) is 11.8. The Balaban J connectivity index is -0.0000000343. The van der Waals surface area contributed by atoms with Gasteiger partial charge < -0.3 is 53.5 Å². The van der Waals surface area contributed by atoms with Crippen molar-refractivity contribution >= 4 is 15.7 Å². The molecule has 0 aliphatic heterocycles. The average molecular weight is 515 g/mol. The van der Waals surface area contributed by atoms with Gasteiger partial charge in [-0.05, 0) is 20.9 Å². The molecular formula is C9H31Cl2CoF6N5P2+. The maximum Gasteiger partial charge on any atom is 3.00 e. The van der Waals surface area contributed by atoms with Crippen LogP contribution in [0, 0.1) is 0 Å². The zero-order chi connectivity index (χ0) is 18.9. The molecule has 0 bridgehead atoms. The van der Waals surface area contributed by atoms with E-state index in [9.17, 15) is 25.2 Å². The topological polar surface area (TPSA) is 130 Å². The molecule has 0 heterocycles. The molecule has 0 aliphatic rings. The maximum absolute atomic E-state index is 10.7. The summed E-state index contributed by atoms with van der Waals surface area (Å²) < 4.78 is 59.2. The van der Waals surface area contributed by atoms with E-state index in [-0.39, 0.29) is 49.5 Å². The predicted molar refractivity (Wildman–Crippen MR) is 88.5 cm³/mol. The minimum absolute atomic E-state index is 0. The molecule has 0 aliphatic carbocycles. The molecule has 0 unspecified atom stereocenters. The summed E-state index contributed by atoms with van der Waals surface area (Å²) in [6, 6.07) is 0. The summed E-state index contributed by atoms with van der Waals surface area (Å²) in [6.07, 6.45) is 2.60. The van der Waals surface area contributed by atoms with Gasteiger partial charge in [0.1, 0.15) is 0 Å². The third kappa shape index (κ3) is 257. The van der Waals surface area contributed by atoms with Crippen molar-refractivity contribution in [3.63, 3.8) is 0 Å². The van der Waals surface area contributed by atoms with Crippen molar-refractivity contribution in [3.05, 3.63) is 0 Å². The molecule has 166 valence electrons. The first-order valence-electron chi connectivity index (χ1n) is 6.41. The quantitative estimate of drug-likeness (QED) is 0.189. The van der Waals surface area contributed by atoms with Crippen LogP contribution in [0.5, 0.6) is 0 Å². The van der Waals surface area contributed by atoms with Gasteiger partial charge in [0.05, 0.1) is 6.16 Å². The molecule has 16 heteroatoms. The van der Waals surface area contributed by atoms with Crippen LogP contribution < -0.4 is 53.5 Å². The predicted octanol–water partition coefficient (Wildman–Crippen LogP) is -4.00. The van der Waals surface area contributed by atoms with E-state index in [1.165, 1.54) is 12.6 Å². The Bertz CT molecular complexity index is 220. The molecule has 0 aromatic carbocycles. The SMILES string of the molecule is C[PH+](C)CCCN.F[P-](F)(F)(F)(F)F.NCCN.NCCN.[Cl-].[Cl-].[Co+3]. The fourth-order valence-corrected chi connectivity index (χ4v) is 1.37. The minimum Gasteiger partial charge on any atom is -1.00 e. The van der Waals surface area contributed by atoms with Crippen LogP contribution >= 0.6 is 15.7 Å². The van der Waals surface area contributed by atoms with E-state index in [1.807, 2.05) is 0 Å². The first-order valence-corrected chi connectivity index (χ1v) is 11.1. The van der Waals surface area contributed by atoms with Gasteiger partial charge in [-0.25, -0.2) is 0 Å². The molecule has 10 N–H and O–H groups in total. The smallest absolute Gasteiger partial charge is 1.00 e. The van der Waals surface area contributed by atoms with E-state index >= 15 is 0 Å². The van der Waals surface area contributed by atoms with Gasteiger partial charge in [-0.3, -0.25) is 0 Å². The van der Waals surface area contributed by atoms with Crippen molar-refractivity contribution in [1.29, 1.82) is 0 Å². The van der Waals surface area contributed by atoms with Crippen LogP contribution in [0.15, 0.2) is 0 Å². The second-order valence-electron chi connectivity index (χ2n) is 4.21. The van der Waals surface area contributed by atoms with Gasteiger partial charge in [-0.1, -0.05) is 0 Å². The summed E-state index contributed by atoms with van der Waals surface area (Å²) in [6.45, 7) is 7.90. The Morgan fingerprint density at radius 2 is 0.840 bits per heavy atom. The molecule has 0 saturated carbocycles. The monoisotopic (exact) mass is 514 g/mol. The zero-order valence-corrected chi connectivity index (χ0v) is 18.6. The van der Waals surface area contributed by atoms with Crippen molar-refractivity contribution < 1.29 is 66.8 Å². The Morgan fingerprint density at radius 3 is 0.880 bits per heavy atom. The molecule has 0 saturated heterocycles. The van der Waals surface area contributed by atoms with Crippen molar-refractivity contribution in [3.8, 4) is 0 Å². The van der Waals surface area contributed by atoms with Crippen LogP contribution in [0.3, 0.4) is 0 Å². The Morgan fingerprint density at radius 1 is 0.640 bits per heavy atom. The van der Waals surface area contributed by atoms with Crippen LogP contribution in [-0.4, -0.2) is 52.2 Å². The van der Waals surface area contributed by atoms with Crippen LogP contribution in [0.4, 0.5) is 25.2 Å². The summed E-state index contributed by atoms with van der Waals surface area (Å²) in [5.74, 6) is 0.